The van der Waals surface area contributed by atoms with Crippen LogP contribution < -0.4 is 10.5 Å². The Bertz CT molecular complexity index is 637. The summed E-state index contributed by atoms with van der Waals surface area (Å²) in [5, 5.41) is 18.4. The molecule has 1 aromatic carbocycles. The van der Waals surface area contributed by atoms with Crippen molar-refractivity contribution in [3.8, 4) is 5.75 Å². The molecule has 0 heterocycles. The van der Waals surface area contributed by atoms with Gasteiger partial charge in [-0.25, -0.2) is 0 Å². The molecule has 1 aromatic rings. The van der Waals surface area contributed by atoms with E-state index in [1.807, 2.05) is 0 Å². The van der Waals surface area contributed by atoms with E-state index in [2.05, 4.69) is 0 Å². The van der Waals surface area contributed by atoms with E-state index in [-0.39, 0.29) is 37.5 Å². The van der Waals surface area contributed by atoms with Gasteiger partial charge in [0.05, 0.1) is 31.1 Å². The van der Waals surface area contributed by atoms with Crippen LogP contribution in [-0.4, -0.2) is 67.5 Å². The van der Waals surface area contributed by atoms with Crippen LogP contribution >= 0.6 is 15.2 Å². The lowest BCUT2D eigenvalue weighted by molar-refractivity contribution is 0.0785. The molecule has 0 saturated carbocycles. The summed E-state index contributed by atoms with van der Waals surface area (Å²) in [4.78, 5) is 36.0. The highest BCUT2D eigenvalue weighted by Crippen LogP contribution is 2.37. The summed E-state index contributed by atoms with van der Waals surface area (Å²) in [6, 6.07) is 4.63. The Morgan fingerprint density at radius 3 is 1.65 bits per heavy atom. The smallest absolute Gasteiger partial charge is 0.325 e. The number of aliphatic hydroxyl groups is 2. The van der Waals surface area contributed by atoms with E-state index in [0.29, 0.717) is 11.1 Å². The summed E-state index contributed by atoms with van der Waals surface area (Å²) in [5.74, 6) is 0.255. The fourth-order valence-electron chi connectivity index (χ4n) is 2.02. The van der Waals surface area contributed by atoms with Gasteiger partial charge in [-0.1, -0.05) is 6.07 Å². The number of ether oxygens (including phenoxy) is 1. The Morgan fingerprint density at radius 1 is 0.885 bits per heavy atom. The van der Waals surface area contributed by atoms with E-state index in [9.17, 15) is 19.3 Å². The van der Waals surface area contributed by atoms with E-state index in [1.54, 1.807) is 6.07 Å². The van der Waals surface area contributed by atoms with Gasteiger partial charge in [-0.15, -0.1) is 0 Å². The molecule has 0 spiro atoms. The monoisotopic (exact) mass is 413 g/mol. The van der Waals surface area contributed by atoms with E-state index in [1.165, 1.54) is 12.1 Å². The summed E-state index contributed by atoms with van der Waals surface area (Å²) in [7, 11) is -8.41. The SMILES string of the molecule is NC(CO)(CO)COc1cc(CCP(=O)(O)O)cc(CCP(=O)(O)O)c1. The molecule has 0 aliphatic carbocycles. The zero-order chi connectivity index (χ0) is 20.0. The van der Waals surface area contributed by atoms with Crippen LogP contribution in [0.5, 0.6) is 5.75 Å². The highest BCUT2D eigenvalue weighted by Gasteiger charge is 2.24. The first-order valence-corrected chi connectivity index (χ1v) is 11.3. The molecule has 0 bridgehead atoms. The molecule has 1 rings (SSSR count). The van der Waals surface area contributed by atoms with E-state index >= 15 is 0 Å². The maximum absolute atomic E-state index is 11.1. The minimum Gasteiger partial charge on any atom is -0.491 e. The van der Waals surface area contributed by atoms with E-state index in [4.69, 9.17) is 30.0 Å². The molecule has 0 saturated heterocycles. The fourth-order valence-corrected chi connectivity index (χ4v) is 3.12. The third-order valence-corrected chi connectivity index (χ3v) is 5.18. The minimum atomic E-state index is -4.21. The second-order valence-corrected chi connectivity index (χ2v) is 9.78. The van der Waals surface area contributed by atoms with Gasteiger partial charge in [0.1, 0.15) is 12.4 Å². The highest BCUT2D eigenvalue weighted by molar-refractivity contribution is 7.52. The summed E-state index contributed by atoms with van der Waals surface area (Å²) < 4.78 is 27.6. The van der Waals surface area contributed by atoms with Crippen LogP contribution in [-0.2, 0) is 22.0 Å². The molecule has 150 valence electrons. The van der Waals surface area contributed by atoms with Crippen molar-refractivity contribution in [3.63, 3.8) is 0 Å². The zero-order valence-electron chi connectivity index (χ0n) is 14.1. The van der Waals surface area contributed by atoms with Gasteiger partial charge in [0.2, 0.25) is 0 Å². The first-order valence-electron chi connectivity index (χ1n) is 7.71. The van der Waals surface area contributed by atoms with Crippen molar-refractivity contribution in [1.82, 2.24) is 0 Å². The zero-order valence-corrected chi connectivity index (χ0v) is 15.9. The number of nitrogens with two attached hydrogens (primary N) is 1. The van der Waals surface area contributed by atoms with Gasteiger partial charge in [-0.2, -0.15) is 0 Å². The van der Waals surface area contributed by atoms with Gasteiger partial charge in [0.25, 0.3) is 0 Å². The van der Waals surface area contributed by atoms with Crippen LogP contribution in [0.2, 0.25) is 0 Å². The van der Waals surface area contributed by atoms with Crippen LogP contribution in [0.15, 0.2) is 18.2 Å². The summed E-state index contributed by atoms with van der Waals surface area (Å²) in [6.45, 7) is -1.27. The molecule has 0 aromatic heterocycles. The average Bonchev–Trinajstić information content (AvgIpc) is 2.55. The highest BCUT2D eigenvalue weighted by atomic mass is 31.2. The Morgan fingerprint density at radius 2 is 1.31 bits per heavy atom. The van der Waals surface area contributed by atoms with Crippen molar-refractivity contribution in [2.75, 3.05) is 32.1 Å². The standard InChI is InChI=1S/C14H25NO9P2/c15-14(8-16,9-17)10-24-13-6-11(1-3-25(18,19)20)5-12(7-13)2-4-26(21,22)23/h5-7,16-17H,1-4,8-10,15H2,(H2,18,19,20)(H2,21,22,23). The number of benzene rings is 1. The Balaban J connectivity index is 2.98. The molecule has 0 aliphatic heterocycles. The molecule has 0 atom stereocenters. The Labute approximate surface area is 150 Å². The first-order chi connectivity index (χ1) is 11.9. The maximum Gasteiger partial charge on any atom is 0.325 e. The lowest BCUT2D eigenvalue weighted by Crippen LogP contribution is -2.52. The van der Waals surface area contributed by atoms with Crippen molar-refractivity contribution in [2.45, 2.75) is 18.4 Å². The van der Waals surface area contributed by atoms with Crippen LogP contribution in [0.25, 0.3) is 0 Å². The van der Waals surface area contributed by atoms with Gasteiger partial charge >= 0.3 is 15.2 Å². The van der Waals surface area contributed by atoms with E-state index < -0.39 is 33.9 Å². The number of aliphatic hydroxyl groups excluding tert-OH is 2. The van der Waals surface area contributed by atoms with Crippen LogP contribution in [0, 0.1) is 0 Å². The van der Waals surface area contributed by atoms with Crippen molar-refractivity contribution < 1.29 is 43.7 Å². The number of hydrogen-bond donors (Lipinski definition) is 7. The summed E-state index contributed by atoms with van der Waals surface area (Å²) >= 11 is 0. The molecule has 0 radical (unpaired) electrons. The van der Waals surface area contributed by atoms with Crippen LogP contribution in [0.4, 0.5) is 0 Å². The molecule has 0 fully saturated rings. The predicted molar refractivity (Wildman–Crippen MR) is 94.3 cm³/mol. The molecule has 12 heteroatoms. The topological polar surface area (TPSA) is 191 Å². The van der Waals surface area contributed by atoms with Crippen molar-refractivity contribution in [3.05, 3.63) is 29.3 Å². The maximum atomic E-state index is 11.1. The normalized spacial score (nSPS) is 13.0. The lowest BCUT2D eigenvalue weighted by atomic mass is 10.0. The lowest BCUT2D eigenvalue weighted by Gasteiger charge is -2.24. The summed E-state index contributed by atoms with van der Waals surface area (Å²) in [5.41, 5.74) is 5.39. The molecule has 0 amide bonds. The second kappa shape index (κ2) is 9.41. The number of hydrogen-bond acceptors (Lipinski definition) is 6. The number of aryl methyl sites for hydroxylation is 2. The van der Waals surface area contributed by atoms with Crippen LogP contribution in [0.1, 0.15) is 11.1 Å². The fraction of sp³-hybridized carbons (Fsp3) is 0.571. The van der Waals surface area contributed by atoms with Gasteiger partial charge in [-0.3, -0.25) is 9.13 Å². The number of rotatable bonds is 11. The van der Waals surface area contributed by atoms with Gasteiger partial charge in [-0.05, 0) is 36.1 Å². The van der Waals surface area contributed by atoms with Crippen molar-refractivity contribution in [2.24, 2.45) is 5.73 Å². The van der Waals surface area contributed by atoms with Gasteiger partial charge in [0, 0.05) is 0 Å². The third-order valence-electron chi connectivity index (χ3n) is 3.57. The molecule has 26 heavy (non-hydrogen) atoms. The first kappa shape index (κ1) is 23.2. The van der Waals surface area contributed by atoms with Crippen molar-refractivity contribution >= 4 is 15.2 Å². The molecule has 10 nitrogen and oxygen atoms in total. The van der Waals surface area contributed by atoms with E-state index in [0.717, 1.165) is 0 Å². The van der Waals surface area contributed by atoms with Crippen molar-refractivity contribution in [1.29, 1.82) is 0 Å². The molecule has 8 N–H and O–H groups in total. The third kappa shape index (κ3) is 9.23. The Hall–Kier alpha value is -0.800. The summed E-state index contributed by atoms with van der Waals surface area (Å²) in [6.07, 6.45) is -0.693. The van der Waals surface area contributed by atoms with Gasteiger partial charge < -0.3 is 40.3 Å². The Kier molecular flexibility index (Phi) is 8.41. The largest absolute Gasteiger partial charge is 0.491 e. The molecule has 0 unspecified atom stereocenters. The average molecular weight is 413 g/mol. The van der Waals surface area contributed by atoms with Gasteiger partial charge in [0.15, 0.2) is 0 Å². The minimum absolute atomic E-state index is 0.0398. The molecular formula is C14H25NO9P2. The quantitative estimate of drug-likeness (QED) is 0.226. The second-order valence-electron chi connectivity index (χ2n) is 6.23. The molecule has 0 aliphatic rings. The predicted octanol–water partition coefficient (Wildman–Crippen LogP) is -0.812. The van der Waals surface area contributed by atoms with Crippen LogP contribution in [0.3, 0.4) is 0 Å². The molecular weight excluding hydrogens is 388 g/mol.